The molecule has 0 aromatic rings. The van der Waals surface area contributed by atoms with E-state index in [1.54, 1.807) is 5.57 Å². The summed E-state index contributed by atoms with van der Waals surface area (Å²) in [4.78, 5) is 0. The van der Waals surface area contributed by atoms with Crippen molar-refractivity contribution in [3.05, 3.63) is 23.3 Å². The van der Waals surface area contributed by atoms with Gasteiger partial charge in [0, 0.05) is 0 Å². The maximum atomic E-state index is 2.65. The zero-order valence-corrected chi connectivity index (χ0v) is 14.6. The normalized spacial score (nSPS) is 55.4. The van der Waals surface area contributed by atoms with Gasteiger partial charge >= 0.3 is 0 Å². The van der Waals surface area contributed by atoms with Crippen LogP contribution in [0.2, 0.25) is 0 Å². The van der Waals surface area contributed by atoms with Crippen LogP contribution in [0.3, 0.4) is 0 Å². The van der Waals surface area contributed by atoms with E-state index in [1.165, 1.54) is 32.1 Å². The summed E-state index contributed by atoms with van der Waals surface area (Å²) in [6.07, 6.45) is 12.5. The van der Waals surface area contributed by atoms with Gasteiger partial charge in [-0.05, 0) is 79.4 Å². The number of hydrogen-bond acceptors (Lipinski definition) is 0. The molecule has 4 aliphatic rings. The molecule has 0 heterocycles. The molecule has 0 aliphatic heterocycles. The SMILES string of the molecule is CC1=CC2(C)CCC3C(CC(C)C4=CC(C)CC43C)C2C1. The van der Waals surface area contributed by atoms with Crippen LogP contribution in [0.5, 0.6) is 0 Å². The Bertz CT molecular complexity index is 524. The molecular weight excluding hydrogens is 252 g/mol. The van der Waals surface area contributed by atoms with Gasteiger partial charge in [-0.1, -0.05) is 51.0 Å². The van der Waals surface area contributed by atoms with Crippen LogP contribution in [0, 0.1) is 40.4 Å². The largest absolute Gasteiger partial charge is 0.0816 e. The van der Waals surface area contributed by atoms with E-state index < -0.39 is 0 Å². The molecule has 4 aliphatic carbocycles. The van der Waals surface area contributed by atoms with Crippen LogP contribution in [-0.4, -0.2) is 0 Å². The minimum Gasteiger partial charge on any atom is -0.0816 e. The molecular formula is C21H32. The summed E-state index contributed by atoms with van der Waals surface area (Å²) in [5.74, 6) is 4.50. The van der Waals surface area contributed by atoms with Crippen molar-refractivity contribution in [2.45, 2.75) is 66.7 Å². The van der Waals surface area contributed by atoms with E-state index in [-0.39, 0.29) is 0 Å². The molecule has 0 spiro atoms. The summed E-state index contributed by atoms with van der Waals surface area (Å²) < 4.78 is 0. The Morgan fingerprint density at radius 3 is 2.67 bits per heavy atom. The minimum absolute atomic E-state index is 0.521. The van der Waals surface area contributed by atoms with Crippen LogP contribution < -0.4 is 0 Å². The quantitative estimate of drug-likeness (QED) is 0.479. The monoisotopic (exact) mass is 284 g/mol. The molecule has 0 aromatic heterocycles. The Hall–Kier alpha value is -0.520. The van der Waals surface area contributed by atoms with Gasteiger partial charge in [-0.15, -0.1) is 0 Å². The minimum atomic E-state index is 0.521. The van der Waals surface area contributed by atoms with E-state index in [9.17, 15) is 0 Å². The lowest BCUT2D eigenvalue weighted by Crippen LogP contribution is -2.49. The molecule has 0 bridgehead atoms. The van der Waals surface area contributed by atoms with Crippen molar-refractivity contribution in [3.8, 4) is 0 Å². The maximum absolute atomic E-state index is 2.65. The van der Waals surface area contributed by atoms with Crippen LogP contribution in [0.15, 0.2) is 23.3 Å². The second-order valence-electron chi connectivity index (χ2n) is 9.47. The first-order valence-electron chi connectivity index (χ1n) is 9.24. The number of allylic oxidation sites excluding steroid dienone is 4. The number of hydrogen-bond donors (Lipinski definition) is 0. The van der Waals surface area contributed by atoms with Gasteiger partial charge in [0.2, 0.25) is 0 Å². The Kier molecular flexibility index (Phi) is 2.87. The summed E-state index contributed by atoms with van der Waals surface area (Å²) >= 11 is 0. The molecule has 0 aromatic carbocycles. The maximum Gasteiger partial charge on any atom is -0.00771 e. The second kappa shape index (κ2) is 4.27. The third-order valence-electron chi connectivity index (χ3n) is 7.84. The van der Waals surface area contributed by atoms with Crippen LogP contribution >= 0.6 is 0 Å². The van der Waals surface area contributed by atoms with Gasteiger partial charge in [0.15, 0.2) is 0 Å². The van der Waals surface area contributed by atoms with Crippen molar-refractivity contribution < 1.29 is 0 Å². The van der Waals surface area contributed by atoms with E-state index >= 15 is 0 Å². The molecule has 0 amide bonds. The second-order valence-corrected chi connectivity index (χ2v) is 9.47. The first-order chi connectivity index (χ1) is 9.83. The standard InChI is InChI=1S/C21H32/c1-13-9-19-16-10-15(3)18-8-14(2)12-21(18,5)17(16)6-7-20(19,4)11-13/h8,11,14-17,19H,6-7,9-10,12H2,1-5H3. The highest BCUT2D eigenvalue weighted by molar-refractivity contribution is 5.31. The summed E-state index contributed by atoms with van der Waals surface area (Å²) in [6.45, 7) is 12.5. The summed E-state index contributed by atoms with van der Waals surface area (Å²) in [5, 5.41) is 0. The number of fused-ring (bicyclic) bond motifs is 5. The molecule has 2 fully saturated rings. The van der Waals surface area contributed by atoms with E-state index in [1.807, 2.05) is 5.57 Å². The highest BCUT2D eigenvalue weighted by atomic mass is 14.6. The molecule has 7 atom stereocenters. The molecule has 116 valence electrons. The molecule has 0 heteroatoms. The highest BCUT2D eigenvalue weighted by Gasteiger charge is 2.57. The van der Waals surface area contributed by atoms with Gasteiger partial charge < -0.3 is 0 Å². The van der Waals surface area contributed by atoms with E-state index in [0.29, 0.717) is 10.8 Å². The van der Waals surface area contributed by atoms with Gasteiger partial charge in [0.05, 0.1) is 0 Å². The Balaban J connectivity index is 1.72. The Morgan fingerprint density at radius 1 is 1.14 bits per heavy atom. The average Bonchev–Trinajstić information content (AvgIpc) is 2.85. The van der Waals surface area contributed by atoms with Crippen molar-refractivity contribution in [1.82, 2.24) is 0 Å². The predicted molar refractivity (Wildman–Crippen MR) is 89.9 cm³/mol. The summed E-state index contributed by atoms with van der Waals surface area (Å²) in [6, 6.07) is 0. The lowest BCUT2D eigenvalue weighted by Gasteiger charge is -2.57. The van der Waals surface area contributed by atoms with Crippen molar-refractivity contribution in [3.63, 3.8) is 0 Å². The molecule has 0 nitrogen and oxygen atoms in total. The van der Waals surface area contributed by atoms with Crippen molar-refractivity contribution in [2.75, 3.05) is 0 Å². The molecule has 7 unspecified atom stereocenters. The van der Waals surface area contributed by atoms with Gasteiger partial charge in [-0.3, -0.25) is 0 Å². The first-order valence-corrected chi connectivity index (χ1v) is 9.24. The van der Waals surface area contributed by atoms with E-state index in [0.717, 1.165) is 29.6 Å². The van der Waals surface area contributed by atoms with Crippen molar-refractivity contribution in [1.29, 1.82) is 0 Å². The van der Waals surface area contributed by atoms with Crippen LogP contribution in [-0.2, 0) is 0 Å². The summed E-state index contributed by atoms with van der Waals surface area (Å²) in [5.41, 5.74) is 4.55. The fourth-order valence-corrected chi connectivity index (χ4v) is 7.26. The average molecular weight is 284 g/mol. The fraction of sp³-hybridized carbons (Fsp3) is 0.810. The highest BCUT2D eigenvalue weighted by Crippen LogP contribution is 2.66. The Morgan fingerprint density at radius 2 is 1.90 bits per heavy atom. The lowest BCUT2D eigenvalue weighted by molar-refractivity contribution is -0.0319. The van der Waals surface area contributed by atoms with Crippen molar-refractivity contribution >= 4 is 0 Å². The molecule has 0 saturated heterocycles. The van der Waals surface area contributed by atoms with Crippen LogP contribution in [0.25, 0.3) is 0 Å². The molecule has 0 N–H and O–H groups in total. The fourth-order valence-electron chi connectivity index (χ4n) is 7.26. The van der Waals surface area contributed by atoms with Gasteiger partial charge in [-0.25, -0.2) is 0 Å². The third kappa shape index (κ3) is 1.80. The van der Waals surface area contributed by atoms with Crippen LogP contribution in [0.1, 0.15) is 66.7 Å². The van der Waals surface area contributed by atoms with E-state index in [4.69, 9.17) is 0 Å². The van der Waals surface area contributed by atoms with E-state index in [2.05, 4.69) is 46.8 Å². The smallest absolute Gasteiger partial charge is 0.00771 e. The van der Waals surface area contributed by atoms with Gasteiger partial charge in [0.1, 0.15) is 0 Å². The Labute approximate surface area is 131 Å². The molecule has 21 heavy (non-hydrogen) atoms. The first kappa shape index (κ1) is 14.1. The topological polar surface area (TPSA) is 0 Å². The molecule has 4 rings (SSSR count). The third-order valence-corrected chi connectivity index (χ3v) is 7.84. The zero-order valence-electron chi connectivity index (χ0n) is 14.6. The van der Waals surface area contributed by atoms with Gasteiger partial charge in [-0.2, -0.15) is 0 Å². The molecule has 0 radical (unpaired) electrons. The summed E-state index contributed by atoms with van der Waals surface area (Å²) in [7, 11) is 0. The van der Waals surface area contributed by atoms with Gasteiger partial charge in [0.25, 0.3) is 0 Å². The number of rotatable bonds is 0. The van der Waals surface area contributed by atoms with Crippen molar-refractivity contribution in [2.24, 2.45) is 40.4 Å². The zero-order chi connectivity index (χ0) is 15.0. The lowest BCUT2D eigenvalue weighted by atomic mass is 9.48. The predicted octanol–water partition coefficient (Wildman–Crippen LogP) is 6.00. The van der Waals surface area contributed by atoms with Crippen LogP contribution in [0.4, 0.5) is 0 Å². The molecule has 2 saturated carbocycles.